The van der Waals surface area contributed by atoms with Gasteiger partial charge in [0.15, 0.2) is 0 Å². The van der Waals surface area contributed by atoms with Crippen LogP contribution in [0, 0.1) is 25.2 Å². The maximum Gasteiger partial charge on any atom is 0.0998 e. The smallest absolute Gasteiger partial charge is 0.0998 e. The van der Waals surface area contributed by atoms with Crippen molar-refractivity contribution in [2.45, 2.75) is 13.8 Å². The summed E-state index contributed by atoms with van der Waals surface area (Å²) in [6.45, 7) is 4.16. The molecule has 0 atom stereocenters. The fourth-order valence-electron chi connectivity index (χ4n) is 2.90. The van der Waals surface area contributed by atoms with E-state index in [2.05, 4.69) is 52.5 Å². The van der Waals surface area contributed by atoms with E-state index in [9.17, 15) is 5.26 Å². The second-order valence-electron chi connectivity index (χ2n) is 5.61. The zero-order chi connectivity index (χ0) is 17.1. The summed E-state index contributed by atoms with van der Waals surface area (Å²) in [6, 6.07) is 22.3. The number of hydrogen-bond donors (Lipinski definition) is 0. The van der Waals surface area contributed by atoms with E-state index in [1.54, 1.807) is 0 Å². The van der Waals surface area contributed by atoms with Gasteiger partial charge in [0.1, 0.15) is 0 Å². The van der Waals surface area contributed by atoms with Gasteiger partial charge in [-0.1, -0.05) is 48.5 Å². The van der Waals surface area contributed by atoms with E-state index in [0.29, 0.717) is 5.57 Å². The third-order valence-corrected chi connectivity index (χ3v) is 5.12. The van der Waals surface area contributed by atoms with Crippen molar-refractivity contribution in [3.8, 4) is 11.8 Å². The first-order valence-corrected chi connectivity index (χ1v) is 8.53. The SMILES string of the molecule is Cc1c(Br)c(/C=C(\C#N)c2ccccc2)c(C)n1-c1ccccc1. The van der Waals surface area contributed by atoms with Crippen molar-refractivity contribution in [2.24, 2.45) is 0 Å². The molecule has 1 aromatic heterocycles. The number of rotatable bonds is 3. The predicted octanol–water partition coefficient (Wildman–Crippen LogP) is 5.92. The van der Waals surface area contributed by atoms with Crippen LogP contribution in [0.4, 0.5) is 0 Å². The first-order valence-electron chi connectivity index (χ1n) is 7.73. The number of aromatic nitrogens is 1. The average Bonchev–Trinajstić information content (AvgIpc) is 2.84. The Hall–Kier alpha value is -2.57. The van der Waals surface area contributed by atoms with Gasteiger partial charge in [-0.25, -0.2) is 0 Å². The van der Waals surface area contributed by atoms with Gasteiger partial charge in [0, 0.05) is 27.1 Å². The fraction of sp³-hybridized carbons (Fsp3) is 0.0952. The lowest BCUT2D eigenvalue weighted by Crippen LogP contribution is -1.98. The number of hydrogen-bond acceptors (Lipinski definition) is 1. The van der Waals surface area contributed by atoms with Gasteiger partial charge in [0.25, 0.3) is 0 Å². The van der Waals surface area contributed by atoms with Crippen LogP contribution in [0.5, 0.6) is 0 Å². The van der Waals surface area contributed by atoms with Gasteiger partial charge in [-0.05, 0) is 53.5 Å². The summed E-state index contributed by atoms with van der Waals surface area (Å²) in [5.41, 5.74) is 5.97. The second kappa shape index (κ2) is 6.90. The van der Waals surface area contributed by atoms with Crippen LogP contribution in [0.25, 0.3) is 17.3 Å². The first-order chi connectivity index (χ1) is 11.6. The minimum Gasteiger partial charge on any atom is -0.317 e. The Bertz CT molecular complexity index is 929. The molecule has 1 heterocycles. The molecule has 118 valence electrons. The highest BCUT2D eigenvalue weighted by Gasteiger charge is 2.16. The molecular formula is C21H17BrN2. The Morgan fingerprint density at radius 1 is 0.958 bits per heavy atom. The van der Waals surface area contributed by atoms with Gasteiger partial charge in [-0.15, -0.1) is 0 Å². The van der Waals surface area contributed by atoms with E-state index in [0.717, 1.165) is 32.7 Å². The van der Waals surface area contributed by atoms with Crippen LogP contribution < -0.4 is 0 Å². The lowest BCUT2D eigenvalue weighted by molar-refractivity contribution is 0.962. The Balaban J connectivity index is 2.17. The molecule has 0 fully saturated rings. The number of nitrogens with zero attached hydrogens (tertiary/aromatic N) is 2. The molecule has 0 unspecified atom stereocenters. The number of allylic oxidation sites excluding steroid dienone is 1. The highest BCUT2D eigenvalue weighted by molar-refractivity contribution is 9.10. The Labute approximate surface area is 150 Å². The first kappa shape index (κ1) is 16.3. The molecule has 0 amide bonds. The molecule has 2 nitrogen and oxygen atoms in total. The average molecular weight is 377 g/mol. The molecule has 0 bridgehead atoms. The summed E-state index contributed by atoms with van der Waals surface area (Å²) in [4.78, 5) is 0. The van der Waals surface area contributed by atoms with E-state index in [4.69, 9.17) is 0 Å². The predicted molar refractivity (Wildman–Crippen MR) is 103 cm³/mol. The van der Waals surface area contributed by atoms with Gasteiger partial charge in [0.2, 0.25) is 0 Å². The van der Waals surface area contributed by atoms with E-state index < -0.39 is 0 Å². The molecule has 3 heteroatoms. The normalized spacial score (nSPS) is 11.3. The molecule has 2 aromatic carbocycles. The molecule has 3 rings (SSSR count). The topological polar surface area (TPSA) is 28.7 Å². The monoisotopic (exact) mass is 376 g/mol. The van der Waals surface area contributed by atoms with Gasteiger partial charge in [-0.3, -0.25) is 0 Å². The summed E-state index contributed by atoms with van der Waals surface area (Å²) in [5.74, 6) is 0. The summed E-state index contributed by atoms with van der Waals surface area (Å²) >= 11 is 3.70. The minimum atomic E-state index is 0.657. The van der Waals surface area contributed by atoms with E-state index in [1.807, 2.05) is 54.6 Å². The van der Waals surface area contributed by atoms with E-state index in [1.165, 1.54) is 0 Å². The van der Waals surface area contributed by atoms with Crippen molar-refractivity contribution in [3.05, 3.63) is 87.7 Å². The summed E-state index contributed by atoms with van der Waals surface area (Å²) in [7, 11) is 0. The van der Waals surface area contributed by atoms with Gasteiger partial charge in [-0.2, -0.15) is 5.26 Å². The van der Waals surface area contributed by atoms with Crippen molar-refractivity contribution in [2.75, 3.05) is 0 Å². The Morgan fingerprint density at radius 2 is 1.54 bits per heavy atom. The molecule has 0 saturated heterocycles. The largest absolute Gasteiger partial charge is 0.317 e. The maximum absolute atomic E-state index is 9.58. The van der Waals surface area contributed by atoms with Gasteiger partial charge >= 0.3 is 0 Å². The zero-order valence-electron chi connectivity index (χ0n) is 13.6. The van der Waals surface area contributed by atoms with Crippen LogP contribution in [0.3, 0.4) is 0 Å². The highest BCUT2D eigenvalue weighted by atomic mass is 79.9. The van der Waals surface area contributed by atoms with Crippen molar-refractivity contribution >= 4 is 27.6 Å². The van der Waals surface area contributed by atoms with Crippen molar-refractivity contribution in [1.29, 1.82) is 5.26 Å². The second-order valence-corrected chi connectivity index (χ2v) is 6.40. The van der Waals surface area contributed by atoms with Crippen LogP contribution in [0.1, 0.15) is 22.5 Å². The molecule has 0 aliphatic rings. The Kier molecular flexibility index (Phi) is 4.69. The quantitative estimate of drug-likeness (QED) is 0.521. The number of halogens is 1. The van der Waals surface area contributed by atoms with E-state index >= 15 is 0 Å². The van der Waals surface area contributed by atoms with E-state index in [-0.39, 0.29) is 0 Å². The fourth-order valence-corrected chi connectivity index (χ4v) is 3.48. The van der Waals surface area contributed by atoms with Crippen LogP contribution in [0.2, 0.25) is 0 Å². The van der Waals surface area contributed by atoms with Gasteiger partial charge in [0.05, 0.1) is 11.6 Å². The summed E-state index contributed by atoms with van der Waals surface area (Å²) in [6.07, 6.45) is 1.96. The molecule has 0 aliphatic carbocycles. The third kappa shape index (κ3) is 2.93. The van der Waals surface area contributed by atoms with Crippen LogP contribution in [0.15, 0.2) is 65.1 Å². The molecule has 24 heavy (non-hydrogen) atoms. The van der Waals surface area contributed by atoms with Gasteiger partial charge < -0.3 is 4.57 Å². The molecule has 0 N–H and O–H groups in total. The molecule has 0 aliphatic heterocycles. The van der Waals surface area contributed by atoms with Crippen LogP contribution in [-0.2, 0) is 0 Å². The van der Waals surface area contributed by atoms with Crippen molar-refractivity contribution in [1.82, 2.24) is 4.57 Å². The highest BCUT2D eigenvalue weighted by Crippen LogP contribution is 2.33. The van der Waals surface area contributed by atoms with Crippen molar-refractivity contribution in [3.63, 3.8) is 0 Å². The number of nitriles is 1. The summed E-state index contributed by atoms with van der Waals surface area (Å²) < 4.78 is 3.23. The maximum atomic E-state index is 9.58. The molecule has 3 aromatic rings. The molecule has 0 spiro atoms. The lowest BCUT2D eigenvalue weighted by atomic mass is 10.0. The van der Waals surface area contributed by atoms with Crippen LogP contribution >= 0.6 is 15.9 Å². The number of benzene rings is 2. The molecular weight excluding hydrogens is 360 g/mol. The zero-order valence-corrected chi connectivity index (χ0v) is 15.2. The molecule has 0 saturated carbocycles. The lowest BCUT2D eigenvalue weighted by Gasteiger charge is -2.09. The Morgan fingerprint density at radius 3 is 2.12 bits per heavy atom. The minimum absolute atomic E-state index is 0.657. The number of para-hydroxylation sites is 1. The molecule has 0 radical (unpaired) electrons. The van der Waals surface area contributed by atoms with Crippen LogP contribution in [-0.4, -0.2) is 4.57 Å². The summed E-state index contributed by atoms with van der Waals surface area (Å²) in [5, 5.41) is 9.58. The van der Waals surface area contributed by atoms with Crippen molar-refractivity contribution < 1.29 is 0 Å². The standard InChI is InChI=1S/C21H17BrN2/c1-15-20(13-18(14-23)17-9-5-3-6-10-17)21(22)16(2)24(15)19-11-7-4-8-12-19/h3-13H,1-2H3/b18-13+. The third-order valence-electron chi connectivity index (χ3n) is 4.12.